The molecule has 0 atom stereocenters. The van der Waals surface area contributed by atoms with Crippen LogP contribution in [-0.2, 0) is 16.6 Å². The number of rotatable bonds is 4. The molecule has 1 heterocycles. The predicted molar refractivity (Wildman–Crippen MR) is 84.9 cm³/mol. The minimum Gasteiger partial charge on any atom is -0.348 e. The van der Waals surface area contributed by atoms with Crippen molar-refractivity contribution in [3.63, 3.8) is 0 Å². The lowest BCUT2D eigenvalue weighted by molar-refractivity contribution is 0.0964. The molecule has 0 fully saturated rings. The molecule has 0 saturated heterocycles. The average molecular weight is 330 g/mol. The second-order valence-electron chi connectivity index (χ2n) is 5.24. The second-order valence-corrected chi connectivity index (χ2v) is 6.93. The van der Waals surface area contributed by atoms with Gasteiger partial charge < -0.3 is 5.32 Å². The molecule has 6 nitrogen and oxygen atoms in total. The van der Waals surface area contributed by atoms with Gasteiger partial charge in [0, 0.05) is 23.4 Å². The Bertz CT molecular complexity index is 919. The van der Waals surface area contributed by atoms with E-state index in [4.69, 9.17) is 0 Å². The third-order valence-corrected chi connectivity index (χ3v) is 4.98. The maximum Gasteiger partial charge on any atom is 0.261 e. The van der Waals surface area contributed by atoms with Gasteiger partial charge in [0.2, 0.25) is 0 Å². The van der Waals surface area contributed by atoms with Gasteiger partial charge >= 0.3 is 0 Å². The van der Waals surface area contributed by atoms with Crippen molar-refractivity contribution in [2.75, 3.05) is 4.72 Å². The minimum atomic E-state index is -3.84. The van der Waals surface area contributed by atoms with Crippen LogP contribution >= 0.6 is 0 Å². The van der Waals surface area contributed by atoms with Crippen LogP contribution in [0.3, 0.4) is 0 Å². The molecule has 0 aliphatic carbocycles. The smallest absolute Gasteiger partial charge is 0.261 e. The Hall–Kier alpha value is -2.67. The highest BCUT2D eigenvalue weighted by Gasteiger charge is 2.21. The summed E-state index contributed by atoms with van der Waals surface area (Å²) < 4.78 is 27.3. The highest BCUT2D eigenvalue weighted by Crippen LogP contribution is 2.23. The van der Waals surface area contributed by atoms with Crippen LogP contribution in [0.2, 0.25) is 0 Å². The molecule has 118 valence electrons. The summed E-state index contributed by atoms with van der Waals surface area (Å²) in [5, 5.41) is 2.67. The number of benzene rings is 2. The number of carbonyl (C=O) groups is 2. The summed E-state index contributed by atoms with van der Waals surface area (Å²) in [4.78, 5) is 23.0. The topological polar surface area (TPSA) is 92.3 Å². The lowest BCUT2D eigenvalue weighted by Crippen LogP contribution is -2.14. The Balaban J connectivity index is 1.93. The van der Waals surface area contributed by atoms with Gasteiger partial charge in [0.05, 0.1) is 4.90 Å². The van der Waals surface area contributed by atoms with E-state index in [-0.39, 0.29) is 16.6 Å². The number of sulfonamides is 1. The van der Waals surface area contributed by atoms with Crippen molar-refractivity contribution in [2.45, 2.75) is 18.4 Å². The van der Waals surface area contributed by atoms with Gasteiger partial charge in [-0.1, -0.05) is 18.2 Å². The first-order valence-electron chi connectivity index (χ1n) is 6.92. The zero-order valence-corrected chi connectivity index (χ0v) is 13.1. The number of amides is 1. The average Bonchev–Trinajstić information content (AvgIpc) is 2.88. The molecule has 0 unspecified atom stereocenters. The van der Waals surface area contributed by atoms with Gasteiger partial charge in [0.15, 0.2) is 5.78 Å². The van der Waals surface area contributed by atoms with E-state index in [1.807, 2.05) is 0 Å². The first-order chi connectivity index (χ1) is 10.9. The monoisotopic (exact) mass is 330 g/mol. The van der Waals surface area contributed by atoms with Crippen molar-refractivity contribution >= 4 is 27.4 Å². The Kier molecular flexibility index (Phi) is 3.65. The SMILES string of the molecule is CC(=O)c1cccc(S(=O)(=O)Nc2ccc3c(c2)C(=O)NC3)c1. The molecule has 0 saturated carbocycles. The van der Waals surface area contributed by atoms with E-state index < -0.39 is 10.0 Å². The molecule has 2 aromatic carbocycles. The highest BCUT2D eigenvalue weighted by atomic mass is 32.2. The fraction of sp³-hybridized carbons (Fsp3) is 0.125. The molecule has 1 amide bonds. The van der Waals surface area contributed by atoms with Crippen LogP contribution in [0, 0.1) is 0 Å². The van der Waals surface area contributed by atoms with Gasteiger partial charge in [-0.3, -0.25) is 14.3 Å². The van der Waals surface area contributed by atoms with Crippen molar-refractivity contribution < 1.29 is 18.0 Å². The normalized spacial score (nSPS) is 13.3. The summed E-state index contributed by atoms with van der Waals surface area (Å²) >= 11 is 0. The summed E-state index contributed by atoms with van der Waals surface area (Å²) in [7, 11) is -3.84. The number of nitrogens with one attached hydrogen (secondary N) is 2. The highest BCUT2D eigenvalue weighted by molar-refractivity contribution is 7.92. The Morgan fingerprint density at radius 3 is 2.70 bits per heavy atom. The molecule has 2 aromatic rings. The van der Waals surface area contributed by atoms with Crippen molar-refractivity contribution in [1.29, 1.82) is 0 Å². The Labute approximate surface area is 133 Å². The van der Waals surface area contributed by atoms with Crippen LogP contribution in [0.15, 0.2) is 47.4 Å². The predicted octanol–water partition coefficient (Wildman–Crippen LogP) is 1.93. The van der Waals surface area contributed by atoms with Gasteiger partial charge in [-0.05, 0) is 36.8 Å². The minimum absolute atomic E-state index is 0.00449. The summed E-state index contributed by atoms with van der Waals surface area (Å²) in [5.41, 5.74) is 1.91. The summed E-state index contributed by atoms with van der Waals surface area (Å²) in [6.45, 7) is 1.82. The number of hydrogen-bond acceptors (Lipinski definition) is 4. The summed E-state index contributed by atoms with van der Waals surface area (Å²) in [6, 6.07) is 10.6. The van der Waals surface area contributed by atoms with Gasteiger partial charge in [0.25, 0.3) is 15.9 Å². The zero-order chi connectivity index (χ0) is 16.6. The fourth-order valence-corrected chi connectivity index (χ4v) is 3.47. The van der Waals surface area contributed by atoms with Gasteiger partial charge in [-0.2, -0.15) is 0 Å². The molecule has 0 aromatic heterocycles. The van der Waals surface area contributed by atoms with E-state index in [1.54, 1.807) is 18.2 Å². The van der Waals surface area contributed by atoms with Gasteiger partial charge in [0.1, 0.15) is 0 Å². The molecule has 2 N–H and O–H groups in total. The van der Waals surface area contributed by atoms with E-state index in [0.717, 1.165) is 5.56 Å². The fourth-order valence-electron chi connectivity index (χ4n) is 2.37. The summed E-state index contributed by atoms with van der Waals surface area (Å²) in [6.07, 6.45) is 0. The number of hydrogen-bond donors (Lipinski definition) is 2. The number of Topliss-reactive ketones (excluding diaryl/α,β-unsaturated/α-hetero) is 1. The van der Waals surface area contributed by atoms with Crippen LogP contribution < -0.4 is 10.0 Å². The molecule has 3 rings (SSSR count). The molecule has 23 heavy (non-hydrogen) atoms. The van der Waals surface area contributed by atoms with Crippen LogP contribution in [0.4, 0.5) is 5.69 Å². The standard InChI is InChI=1S/C16H14N2O4S/c1-10(19)11-3-2-4-14(7-11)23(21,22)18-13-6-5-12-9-17-16(20)15(12)8-13/h2-8,18H,9H2,1H3,(H,17,20). The quantitative estimate of drug-likeness (QED) is 0.838. The molecule has 0 bridgehead atoms. The lowest BCUT2D eigenvalue weighted by Gasteiger charge is -2.09. The van der Waals surface area contributed by atoms with Crippen molar-refractivity contribution in [1.82, 2.24) is 5.32 Å². The van der Waals surface area contributed by atoms with Crippen LogP contribution in [0.1, 0.15) is 33.2 Å². The van der Waals surface area contributed by atoms with E-state index in [0.29, 0.717) is 23.4 Å². The zero-order valence-electron chi connectivity index (χ0n) is 12.3. The van der Waals surface area contributed by atoms with Gasteiger partial charge in [-0.25, -0.2) is 8.42 Å². The molecule has 0 spiro atoms. The lowest BCUT2D eigenvalue weighted by atomic mass is 10.1. The maximum absolute atomic E-state index is 12.4. The third kappa shape index (κ3) is 2.95. The number of anilines is 1. The second kappa shape index (κ2) is 5.51. The number of carbonyl (C=O) groups excluding carboxylic acids is 2. The Morgan fingerprint density at radius 1 is 1.17 bits per heavy atom. The van der Waals surface area contributed by atoms with E-state index in [2.05, 4.69) is 10.0 Å². The largest absolute Gasteiger partial charge is 0.348 e. The molecule has 1 aliphatic heterocycles. The molecule has 1 aliphatic rings. The first-order valence-corrected chi connectivity index (χ1v) is 8.40. The van der Waals surface area contributed by atoms with E-state index >= 15 is 0 Å². The maximum atomic E-state index is 12.4. The first kappa shape index (κ1) is 15.2. The third-order valence-electron chi connectivity index (χ3n) is 3.60. The Morgan fingerprint density at radius 2 is 1.96 bits per heavy atom. The van der Waals surface area contributed by atoms with Crippen molar-refractivity contribution in [3.05, 3.63) is 59.2 Å². The molecular weight excluding hydrogens is 316 g/mol. The number of ketones is 1. The van der Waals surface area contributed by atoms with E-state index in [1.165, 1.54) is 31.2 Å². The van der Waals surface area contributed by atoms with Crippen molar-refractivity contribution in [3.8, 4) is 0 Å². The van der Waals surface area contributed by atoms with Gasteiger partial charge in [-0.15, -0.1) is 0 Å². The number of fused-ring (bicyclic) bond motifs is 1. The summed E-state index contributed by atoms with van der Waals surface area (Å²) in [5.74, 6) is -0.434. The van der Waals surface area contributed by atoms with Crippen LogP contribution in [0.25, 0.3) is 0 Å². The molecule has 0 radical (unpaired) electrons. The van der Waals surface area contributed by atoms with E-state index in [9.17, 15) is 18.0 Å². The molecule has 7 heteroatoms. The van der Waals surface area contributed by atoms with Crippen molar-refractivity contribution in [2.24, 2.45) is 0 Å². The van der Waals surface area contributed by atoms with Crippen LogP contribution in [-0.4, -0.2) is 20.1 Å². The molecular formula is C16H14N2O4S. The van der Waals surface area contributed by atoms with Crippen LogP contribution in [0.5, 0.6) is 0 Å².